The molecule has 122 valence electrons. The van der Waals surface area contributed by atoms with Gasteiger partial charge in [0.05, 0.1) is 0 Å². The summed E-state index contributed by atoms with van der Waals surface area (Å²) in [5.74, 6) is -0.00634. The summed E-state index contributed by atoms with van der Waals surface area (Å²) in [6.07, 6.45) is 0.994. The highest BCUT2D eigenvalue weighted by Gasteiger charge is 2.21. The van der Waals surface area contributed by atoms with Crippen LogP contribution in [0.15, 0.2) is 48.5 Å². The van der Waals surface area contributed by atoms with Crippen molar-refractivity contribution in [3.63, 3.8) is 0 Å². The molecule has 0 saturated carbocycles. The van der Waals surface area contributed by atoms with Gasteiger partial charge in [0.25, 0.3) is 5.91 Å². The van der Waals surface area contributed by atoms with Gasteiger partial charge in [-0.05, 0) is 44.0 Å². The van der Waals surface area contributed by atoms with Crippen molar-refractivity contribution in [1.82, 2.24) is 0 Å². The molecule has 0 aliphatic rings. The van der Waals surface area contributed by atoms with Crippen LogP contribution in [0, 0.1) is 0 Å². The van der Waals surface area contributed by atoms with Gasteiger partial charge in [-0.1, -0.05) is 48.9 Å². The van der Waals surface area contributed by atoms with Crippen molar-refractivity contribution in [3.8, 4) is 0 Å². The van der Waals surface area contributed by atoms with E-state index >= 15 is 0 Å². The zero-order valence-electron chi connectivity index (χ0n) is 13.8. The number of aryl methyl sites for hydroxylation is 1. The van der Waals surface area contributed by atoms with Gasteiger partial charge in [-0.2, -0.15) is 0 Å². The fraction of sp³-hybridized carbons (Fsp3) is 0.316. The van der Waals surface area contributed by atoms with Crippen LogP contribution in [-0.2, 0) is 11.2 Å². The van der Waals surface area contributed by atoms with Crippen LogP contribution in [0.25, 0.3) is 0 Å². The minimum absolute atomic E-state index is 0.00634. The third kappa shape index (κ3) is 4.81. The van der Waals surface area contributed by atoms with Crippen molar-refractivity contribution < 1.29 is 10.1 Å². The van der Waals surface area contributed by atoms with Crippen molar-refractivity contribution in [2.24, 2.45) is 0 Å². The Hall–Kier alpha value is -1.84. The Morgan fingerprint density at radius 3 is 2.39 bits per heavy atom. The number of rotatable bonds is 6. The molecule has 0 aliphatic heterocycles. The van der Waals surface area contributed by atoms with Gasteiger partial charge in [0, 0.05) is 16.3 Å². The largest absolute Gasteiger partial charge is 0.330 e. The highest BCUT2D eigenvalue weighted by Crippen LogP contribution is 2.19. The first-order chi connectivity index (χ1) is 11.0. The second-order valence-electron chi connectivity index (χ2n) is 5.83. The van der Waals surface area contributed by atoms with Crippen LogP contribution in [-0.4, -0.2) is 11.9 Å². The molecule has 2 atom stereocenters. The van der Waals surface area contributed by atoms with Gasteiger partial charge in [-0.3, -0.25) is 4.79 Å². The molecule has 0 unspecified atom stereocenters. The molecule has 2 aromatic carbocycles. The number of carbonyl (C=O) groups is 1. The Kier molecular flexibility index (Phi) is 6.20. The lowest BCUT2D eigenvalue weighted by Crippen LogP contribution is -2.91. The van der Waals surface area contributed by atoms with Gasteiger partial charge in [-0.25, -0.2) is 0 Å². The first-order valence-corrected chi connectivity index (χ1v) is 8.38. The fourth-order valence-electron chi connectivity index (χ4n) is 2.55. The molecule has 1 amide bonds. The van der Waals surface area contributed by atoms with E-state index in [0.29, 0.717) is 0 Å². The fourth-order valence-corrected chi connectivity index (χ4v) is 2.86. The van der Waals surface area contributed by atoms with E-state index in [1.807, 2.05) is 60.8 Å². The van der Waals surface area contributed by atoms with Crippen LogP contribution < -0.4 is 10.6 Å². The molecule has 2 rings (SSSR count). The average Bonchev–Trinajstić information content (AvgIpc) is 2.55. The third-order valence-electron chi connectivity index (χ3n) is 4.02. The van der Waals surface area contributed by atoms with Crippen molar-refractivity contribution >= 4 is 23.2 Å². The lowest BCUT2D eigenvalue weighted by Gasteiger charge is -2.17. The topological polar surface area (TPSA) is 45.7 Å². The van der Waals surface area contributed by atoms with Crippen LogP contribution in [0.3, 0.4) is 0 Å². The molecule has 3 N–H and O–H groups in total. The van der Waals surface area contributed by atoms with Gasteiger partial charge in [0.15, 0.2) is 6.04 Å². The number of nitrogens with one attached hydrogen (secondary N) is 1. The first-order valence-electron chi connectivity index (χ1n) is 8.00. The van der Waals surface area contributed by atoms with Crippen molar-refractivity contribution in [1.29, 1.82) is 0 Å². The lowest BCUT2D eigenvalue weighted by atomic mass is 10.1. The Morgan fingerprint density at radius 1 is 1.13 bits per heavy atom. The van der Waals surface area contributed by atoms with Crippen LogP contribution in [0.5, 0.6) is 0 Å². The van der Waals surface area contributed by atoms with Crippen molar-refractivity contribution in [2.45, 2.75) is 39.3 Å². The molecular weight excluding hydrogens is 308 g/mol. The second kappa shape index (κ2) is 8.14. The van der Waals surface area contributed by atoms with Gasteiger partial charge in [0.2, 0.25) is 0 Å². The number of halogens is 1. The highest BCUT2D eigenvalue weighted by molar-refractivity contribution is 6.31. The first kappa shape index (κ1) is 17.5. The monoisotopic (exact) mass is 331 g/mol. The third-order valence-corrected chi connectivity index (χ3v) is 4.36. The highest BCUT2D eigenvalue weighted by atomic mass is 35.5. The van der Waals surface area contributed by atoms with Gasteiger partial charge < -0.3 is 10.6 Å². The van der Waals surface area contributed by atoms with Gasteiger partial charge >= 0.3 is 0 Å². The zero-order valence-corrected chi connectivity index (χ0v) is 14.6. The normalized spacial score (nSPS) is 13.4. The Morgan fingerprint density at radius 2 is 1.78 bits per heavy atom. The lowest BCUT2D eigenvalue weighted by molar-refractivity contribution is -0.709. The average molecular weight is 332 g/mol. The number of anilines is 1. The molecule has 0 radical (unpaired) electrons. The van der Waals surface area contributed by atoms with E-state index in [-0.39, 0.29) is 18.0 Å². The molecule has 3 nitrogen and oxygen atoms in total. The molecule has 0 bridgehead atoms. The number of carbonyl (C=O) groups excluding carboxylic acids is 1. The molecule has 2 aromatic rings. The van der Waals surface area contributed by atoms with E-state index in [0.717, 1.165) is 22.7 Å². The summed E-state index contributed by atoms with van der Waals surface area (Å²) in [6, 6.07) is 15.6. The number of amides is 1. The van der Waals surface area contributed by atoms with E-state index < -0.39 is 0 Å². The Balaban J connectivity index is 1.95. The summed E-state index contributed by atoms with van der Waals surface area (Å²) in [5, 5.41) is 5.72. The van der Waals surface area contributed by atoms with Gasteiger partial charge in [-0.15, -0.1) is 0 Å². The van der Waals surface area contributed by atoms with Crippen LogP contribution >= 0.6 is 11.6 Å². The smallest absolute Gasteiger partial charge is 0.282 e. The van der Waals surface area contributed by atoms with Gasteiger partial charge in [0.1, 0.15) is 6.04 Å². The molecule has 4 heteroatoms. The number of benzene rings is 2. The minimum atomic E-state index is -0.202. The summed E-state index contributed by atoms with van der Waals surface area (Å²) in [6.45, 7) is 6.07. The molecular formula is C19H24ClN2O+. The number of quaternary nitrogens is 1. The maximum Gasteiger partial charge on any atom is 0.282 e. The molecule has 23 heavy (non-hydrogen) atoms. The number of nitrogens with two attached hydrogens (primary N) is 1. The molecule has 0 aromatic heterocycles. The molecule has 0 spiro atoms. The van der Waals surface area contributed by atoms with Crippen molar-refractivity contribution in [3.05, 3.63) is 64.7 Å². The second-order valence-corrected chi connectivity index (χ2v) is 6.24. The number of hydrogen-bond acceptors (Lipinski definition) is 1. The number of hydrogen-bond donors (Lipinski definition) is 2. The van der Waals surface area contributed by atoms with Crippen molar-refractivity contribution in [2.75, 3.05) is 5.32 Å². The SMILES string of the molecule is CCc1ccc(NC(=O)[C@H](C)[NH2+][C@H](C)c2ccccc2Cl)cc1. The molecule has 0 fully saturated rings. The maximum absolute atomic E-state index is 12.3. The Labute approximate surface area is 143 Å². The van der Waals surface area contributed by atoms with E-state index in [2.05, 4.69) is 19.2 Å². The van der Waals surface area contributed by atoms with E-state index in [1.54, 1.807) is 0 Å². The van der Waals surface area contributed by atoms with Crippen LogP contribution in [0.2, 0.25) is 5.02 Å². The minimum Gasteiger partial charge on any atom is -0.330 e. The summed E-state index contributed by atoms with van der Waals surface area (Å²) in [5.41, 5.74) is 3.13. The predicted molar refractivity (Wildman–Crippen MR) is 95.7 cm³/mol. The quantitative estimate of drug-likeness (QED) is 0.835. The maximum atomic E-state index is 12.3. The van der Waals surface area contributed by atoms with E-state index in [1.165, 1.54) is 5.56 Å². The van der Waals surface area contributed by atoms with Crippen LogP contribution in [0.4, 0.5) is 5.69 Å². The summed E-state index contributed by atoms with van der Waals surface area (Å²) in [7, 11) is 0. The van der Waals surface area contributed by atoms with E-state index in [9.17, 15) is 4.79 Å². The summed E-state index contributed by atoms with van der Waals surface area (Å²) >= 11 is 6.22. The summed E-state index contributed by atoms with van der Waals surface area (Å²) < 4.78 is 0. The molecule has 0 heterocycles. The predicted octanol–water partition coefficient (Wildman–Crippen LogP) is 3.55. The van der Waals surface area contributed by atoms with E-state index in [4.69, 9.17) is 11.6 Å². The summed E-state index contributed by atoms with van der Waals surface area (Å²) in [4.78, 5) is 12.3. The van der Waals surface area contributed by atoms with Crippen LogP contribution in [0.1, 0.15) is 37.9 Å². The molecule has 0 saturated heterocycles. The molecule has 0 aliphatic carbocycles. The standard InChI is InChI=1S/C19H23ClN2O/c1-4-15-9-11-16(12-10-15)22-19(23)14(3)21-13(2)17-7-5-6-8-18(17)20/h5-14,21H,4H2,1-3H3,(H,22,23)/p+1/t13-,14+/m1/s1. The Bertz CT molecular complexity index is 655. The zero-order chi connectivity index (χ0) is 16.8.